The summed E-state index contributed by atoms with van der Waals surface area (Å²) in [6, 6.07) is 20.9. The first kappa shape index (κ1) is 24.4. The van der Waals surface area contributed by atoms with Crippen LogP contribution in [0, 0.1) is 5.92 Å². The molecule has 1 aromatic heterocycles. The summed E-state index contributed by atoms with van der Waals surface area (Å²) >= 11 is 0. The number of carbonyl (C=O) groups excluding carboxylic acids is 1. The van der Waals surface area contributed by atoms with Crippen molar-refractivity contribution < 1.29 is 9.53 Å². The standard InChI is InChI=1S/C29H35N5O2/c1-33-11-13-34(14-12-33)21-22-17-25(19-27(18-22)31-26-5-3-2-4-6-26)24-7-10-30-28(20-24)32-29(35)23-8-15-36-16-9-23/h2-7,10,17-20,23,31H,8-9,11-16,21H2,1H3,(H,30,32,35). The fourth-order valence-electron chi connectivity index (χ4n) is 4.84. The number of hydrogen-bond donors (Lipinski definition) is 2. The lowest BCUT2D eigenvalue weighted by atomic mass is 9.99. The molecule has 0 spiro atoms. The number of anilines is 3. The Morgan fingerprint density at radius 1 is 0.944 bits per heavy atom. The van der Waals surface area contributed by atoms with E-state index in [0.717, 1.165) is 68.1 Å². The Kier molecular flexibility index (Phi) is 7.91. The fourth-order valence-corrected chi connectivity index (χ4v) is 4.84. The van der Waals surface area contributed by atoms with E-state index < -0.39 is 0 Å². The lowest BCUT2D eigenvalue weighted by molar-refractivity contribution is -0.122. The van der Waals surface area contributed by atoms with E-state index in [1.807, 2.05) is 30.3 Å². The van der Waals surface area contributed by atoms with Crippen LogP contribution in [0.5, 0.6) is 0 Å². The van der Waals surface area contributed by atoms with Crippen molar-refractivity contribution in [3.8, 4) is 11.1 Å². The summed E-state index contributed by atoms with van der Waals surface area (Å²) in [5.41, 5.74) is 5.50. The molecule has 7 nitrogen and oxygen atoms in total. The van der Waals surface area contributed by atoms with Crippen LogP contribution >= 0.6 is 0 Å². The molecule has 2 aliphatic heterocycles. The van der Waals surface area contributed by atoms with Gasteiger partial charge in [-0.15, -0.1) is 0 Å². The lowest BCUT2D eigenvalue weighted by Crippen LogP contribution is -2.43. The number of ether oxygens (including phenoxy) is 1. The highest BCUT2D eigenvalue weighted by Crippen LogP contribution is 2.29. The van der Waals surface area contributed by atoms with Crippen molar-refractivity contribution in [2.45, 2.75) is 19.4 Å². The molecule has 2 N–H and O–H groups in total. The van der Waals surface area contributed by atoms with Gasteiger partial charge in [0.15, 0.2) is 0 Å². The Morgan fingerprint density at radius 3 is 2.50 bits per heavy atom. The number of hydrogen-bond acceptors (Lipinski definition) is 6. The third-order valence-electron chi connectivity index (χ3n) is 6.99. The molecule has 5 rings (SSSR count). The number of pyridine rings is 1. The van der Waals surface area contributed by atoms with E-state index in [0.29, 0.717) is 19.0 Å². The van der Waals surface area contributed by atoms with E-state index >= 15 is 0 Å². The van der Waals surface area contributed by atoms with Gasteiger partial charge in [0, 0.05) is 69.4 Å². The molecular formula is C29H35N5O2. The molecule has 3 aromatic rings. The Hall–Kier alpha value is -3.26. The Labute approximate surface area is 213 Å². The van der Waals surface area contributed by atoms with Crippen molar-refractivity contribution in [2.24, 2.45) is 5.92 Å². The van der Waals surface area contributed by atoms with E-state index in [4.69, 9.17) is 4.74 Å². The van der Waals surface area contributed by atoms with Crippen molar-refractivity contribution >= 4 is 23.1 Å². The molecule has 2 saturated heterocycles. The number of carbonyl (C=O) groups is 1. The molecule has 2 fully saturated rings. The minimum atomic E-state index is -0.0159. The first-order valence-corrected chi connectivity index (χ1v) is 12.8. The zero-order valence-corrected chi connectivity index (χ0v) is 21.0. The van der Waals surface area contributed by atoms with Crippen LogP contribution in [-0.2, 0) is 16.1 Å². The minimum absolute atomic E-state index is 0.0159. The number of aromatic nitrogens is 1. The summed E-state index contributed by atoms with van der Waals surface area (Å²) in [5, 5.41) is 6.59. The highest BCUT2D eigenvalue weighted by Gasteiger charge is 2.22. The van der Waals surface area contributed by atoms with E-state index in [2.05, 4.69) is 62.8 Å². The molecule has 0 radical (unpaired) electrons. The third kappa shape index (κ3) is 6.49. The number of benzene rings is 2. The maximum Gasteiger partial charge on any atom is 0.228 e. The second-order valence-corrected chi connectivity index (χ2v) is 9.79. The van der Waals surface area contributed by atoms with Gasteiger partial charge >= 0.3 is 0 Å². The summed E-state index contributed by atoms with van der Waals surface area (Å²) in [6.07, 6.45) is 3.29. The van der Waals surface area contributed by atoms with Crippen LogP contribution in [0.25, 0.3) is 11.1 Å². The van der Waals surface area contributed by atoms with Crippen LogP contribution < -0.4 is 10.6 Å². The zero-order valence-electron chi connectivity index (χ0n) is 21.0. The molecular weight excluding hydrogens is 450 g/mol. The molecule has 36 heavy (non-hydrogen) atoms. The molecule has 2 aliphatic rings. The molecule has 188 valence electrons. The van der Waals surface area contributed by atoms with Gasteiger partial charge in [-0.3, -0.25) is 9.69 Å². The van der Waals surface area contributed by atoms with E-state index in [9.17, 15) is 4.79 Å². The van der Waals surface area contributed by atoms with Gasteiger partial charge < -0.3 is 20.3 Å². The molecule has 2 aromatic carbocycles. The van der Waals surface area contributed by atoms with Gasteiger partial charge in [0.05, 0.1) is 0 Å². The predicted octanol–water partition coefficient (Wildman–Crippen LogP) is 4.60. The average Bonchev–Trinajstić information content (AvgIpc) is 2.91. The van der Waals surface area contributed by atoms with Crippen molar-refractivity contribution in [2.75, 3.05) is 57.1 Å². The monoisotopic (exact) mass is 485 g/mol. The van der Waals surface area contributed by atoms with Crippen LogP contribution in [0.4, 0.5) is 17.2 Å². The van der Waals surface area contributed by atoms with Gasteiger partial charge in [-0.25, -0.2) is 4.98 Å². The smallest absolute Gasteiger partial charge is 0.228 e. The first-order chi connectivity index (χ1) is 17.6. The molecule has 0 atom stereocenters. The van der Waals surface area contributed by atoms with Gasteiger partial charge in [0.25, 0.3) is 0 Å². The first-order valence-electron chi connectivity index (χ1n) is 12.8. The fraction of sp³-hybridized carbons (Fsp3) is 0.379. The molecule has 3 heterocycles. The van der Waals surface area contributed by atoms with Gasteiger partial charge in [-0.05, 0) is 79.0 Å². The number of para-hydroxylation sites is 1. The number of nitrogens with zero attached hydrogens (tertiary/aromatic N) is 3. The molecule has 0 bridgehead atoms. The minimum Gasteiger partial charge on any atom is -0.381 e. The SMILES string of the molecule is CN1CCN(Cc2cc(Nc3ccccc3)cc(-c3ccnc(NC(=O)C4CCOCC4)c3)c2)CC1. The highest BCUT2D eigenvalue weighted by atomic mass is 16.5. The lowest BCUT2D eigenvalue weighted by Gasteiger charge is -2.32. The molecule has 0 aliphatic carbocycles. The third-order valence-corrected chi connectivity index (χ3v) is 6.99. The quantitative estimate of drug-likeness (QED) is 0.510. The van der Waals surface area contributed by atoms with Crippen molar-refractivity contribution in [1.82, 2.24) is 14.8 Å². The van der Waals surface area contributed by atoms with Gasteiger partial charge in [-0.1, -0.05) is 18.2 Å². The van der Waals surface area contributed by atoms with Gasteiger partial charge in [-0.2, -0.15) is 0 Å². The number of likely N-dealkylation sites (N-methyl/N-ethyl adjacent to an activating group) is 1. The molecule has 0 unspecified atom stereocenters. The topological polar surface area (TPSA) is 69.7 Å². The number of rotatable bonds is 7. The maximum atomic E-state index is 12.7. The van der Waals surface area contributed by atoms with Crippen LogP contribution in [0.1, 0.15) is 18.4 Å². The predicted molar refractivity (Wildman–Crippen MR) is 144 cm³/mol. The normalized spacial score (nSPS) is 17.6. The summed E-state index contributed by atoms with van der Waals surface area (Å²) < 4.78 is 5.39. The second-order valence-electron chi connectivity index (χ2n) is 9.79. The van der Waals surface area contributed by atoms with Crippen molar-refractivity contribution in [3.63, 3.8) is 0 Å². The van der Waals surface area contributed by atoms with E-state index in [-0.39, 0.29) is 11.8 Å². The van der Waals surface area contributed by atoms with Crippen LogP contribution in [0.3, 0.4) is 0 Å². The van der Waals surface area contributed by atoms with Gasteiger partial charge in [0.2, 0.25) is 5.91 Å². The summed E-state index contributed by atoms with van der Waals surface area (Å²) in [6.45, 7) is 6.51. The van der Waals surface area contributed by atoms with Crippen LogP contribution in [0.2, 0.25) is 0 Å². The Balaban J connectivity index is 1.39. The van der Waals surface area contributed by atoms with Crippen LogP contribution in [0.15, 0.2) is 66.9 Å². The zero-order chi connectivity index (χ0) is 24.7. The molecule has 0 saturated carbocycles. The van der Waals surface area contributed by atoms with Gasteiger partial charge in [0.1, 0.15) is 5.82 Å². The number of nitrogens with one attached hydrogen (secondary N) is 2. The van der Waals surface area contributed by atoms with E-state index in [1.165, 1.54) is 5.56 Å². The summed E-state index contributed by atoms with van der Waals surface area (Å²) in [5.74, 6) is 0.599. The number of piperazine rings is 1. The highest BCUT2D eigenvalue weighted by molar-refractivity contribution is 5.92. The second kappa shape index (κ2) is 11.6. The number of amides is 1. The molecule has 1 amide bonds. The summed E-state index contributed by atoms with van der Waals surface area (Å²) in [7, 11) is 2.18. The average molecular weight is 486 g/mol. The van der Waals surface area contributed by atoms with Crippen molar-refractivity contribution in [1.29, 1.82) is 0 Å². The van der Waals surface area contributed by atoms with Crippen molar-refractivity contribution in [3.05, 3.63) is 72.4 Å². The van der Waals surface area contributed by atoms with E-state index in [1.54, 1.807) is 6.20 Å². The Morgan fingerprint density at radius 2 is 1.72 bits per heavy atom. The summed E-state index contributed by atoms with van der Waals surface area (Å²) in [4.78, 5) is 22.1. The maximum absolute atomic E-state index is 12.7. The Bertz CT molecular complexity index is 1160. The molecule has 7 heteroatoms. The largest absolute Gasteiger partial charge is 0.381 e. The van der Waals surface area contributed by atoms with Crippen LogP contribution in [-0.4, -0.2) is 67.1 Å².